The van der Waals surface area contributed by atoms with Gasteiger partial charge in [0.25, 0.3) is 5.56 Å². The van der Waals surface area contributed by atoms with Crippen LogP contribution in [-0.4, -0.2) is 21.5 Å². The molecule has 2 aliphatic rings. The number of rotatable bonds is 3. The number of nitrogens with zero attached hydrogens (tertiary/aromatic N) is 2. The highest BCUT2D eigenvalue weighted by Crippen LogP contribution is 2.33. The summed E-state index contributed by atoms with van der Waals surface area (Å²) in [6.45, 7) is 2.33. The smallest absolute Gasteiger partial charge is 0.262 e. The fourth-order valence-electron chi connectivity index (χ4n) is 4.13. The van der Waals surface area contributed by atoms with Gasteiger partial charge in [0.05, 0.1) is 11.7 Å². The summed E-state index contributed by atoms with van der Waals surface area (Å²) in [5.74, 6) is 0.680. The molecule has 4 rings (SSSR count). The topological polar surface area (TPSA) is 64.0 Å². The monoisotopic (exact) mass is 359 g/mol. The van der Waals surface area contributed by atoms with E-state index >= 15 is 0 Å². The molecule has 5 nitrogen and oxygen atoms in total. The molecule has 2 aromatic rings. The second-order valence-corrected chi connectivity index (χ2v) is 8.68. The van der Waals surface area contributed by atoms with Gasteiger partial charge in [0.2, 0.25) is 5.91 Å². The van der Waals surface area contributed by atoms with E-state index in [1.807, 2.05) is 0 Å². The largest absolute Gasteiger partial charge is 0.352 e. The molecule has 0 bridgehead atoms. The van der Waals surface area contributed by atoms with Crippen molar-refractivity contribution < 1.29 is 4.79 Å². The number of aryl methyl sites for hydroxylation is 2. The highest BCUT2D eigenvalue weighted by molar-refractivity contribution is 7.18. The Bertz CT molecular complexity index is 846. The molecule has 0 aromatic carbocycles. The summed E-state index contributed by atoms with van der Waals surface area (Å²) < 4.78 is 1.48. The van der Waals surface area contributed by atoms with Gasteiger partial charge in [0.15, 0.2) is 0 Å². The third-order valence-electron chi connectivity index (χ3n) is 5.64. The predicted molar refractivity (Wildman–Crippen MR) is 100 cm³/mol. The maximum atomic E-state index is 12.9. The summed E-state index contributed by atoms with van der Waals surface area (Å²) in [6.07, 6.45) is 10.3. The van der Waals surface area contributed by atoms with Gasteiger partial charge in [0, 0.05) is 10.9 Å². The molecule has 2 aromatic heterocycles. The zero-order valence-corrected chi connectivity index (χ0v) is 15.5. The van der Waals surface area contributed by atoms with Crippen molar-refractivity contribution in [2.24, 2.45) is 5.92 Å². The Morgan fingerprint density at radius 2 is 2.04 bits per heavy atom. The Morgan fingerprint density at radius 1 is 1.28 bits per heavy atom. The molecule has 1 saturated carbocycles. The van der Waals surface area contributed by atoms with Crippen LogP contribution in [0.5, 0.6) is 0 Å². The molecule has 0 atom stereocenters. The molecule has 0 saturated heterocycles. The fourth-order valence-corrected chi connectivity index (χ4v) is 5.35. The molecule has 1 amide bonds. The van der Waals surface area contributed by atoms with Crippen LogP contribution in [0.2, 0.25) is 0 Å². The Balaban J connectivity index is 1.52. The molecule has 0 radical (unpaired) electrons. The van der Waals surface area contributed by atoms with Crippen LogP contribution in [0.4, 0.5) is 0 Å². The summed E-state index contributed by atoms with van der Waals surface area (Å²) in [7, 11) is 0. The van der Waals surface area contributed by atoms with Crippen molar-refractivity contribution in [3.63, 3.8) is 0 Å². The first-order valence-corrected chi connectivity index (χ1v) is 10.2. The van der Waals surface area contributed by atoms with Gasteiger partial charge >= 0.3 is 0 Å². The van der Waals surface area contributed by atoms with Gasteiger partial charge in [0.1, 0.15) is 11.4 Å². The average Bonchev–Trinajstić information content (AvgIpc) is 2.99. The van der Waals surface area contributed by atoms with Gasteiger partial charge in [-0.05, 0) is 62.8 Å². The lowest BCUT2D eigenvalue weighted by atomic mass is 9.87. The van der Waals surface area contributed by atoms with Crippen LogP contribution < -0.4 is 10.9 Å². The van der Waals surface area contributed by atoms with Crippen LogP contribution in [0.25, 0.3) is 10.2 Å². The SMILES string of the molecule is CC1CCC(NC(=O)Cn2cnc3sc4c(c3c2=O)CCCC4)CC1. The molecule has 2 heterocycles. The predicted octanol–water partition coefficient (Wildman–Crippen LogP) is 3.03. The number of fused-ring (bicyclic) bond motifs is 3. The Kier molecular flexibility index (Phi) is 4.63. The quantitative estimate of drug-likeness (QED) is 0.916. The second-order valence-electron chi connectivity index (χ2n) is 7.59. The van der Waals surface area contributed by atoms with Crippen molar-refractivity contribution in [3.8, 4) is 0 Å². The average molecular weight is 359 g/mol. The molecule has 134 valence electrons. The van der Waals surface area contributed by atoms with Crippen LogP contribution in [0, 0.1) is 5.92 Å². The number of hydrogen-bond donors (Lipinski definition) is 1. The molecule has 25 heavy (non-hydrogen) atoms. The van der Waals surface area contributed by atoms with Crippen LogP contribution in [-0.2, 0) is 24.2 Å². The first-order chi connectivity index (χ1) is 12.1. The molecule has 1 fully saturated rings. The highest BCUT2D eigenvalue weighted by atomic mass is 32.1. The van der Waals surface area contributed by atoms with Gasteiger partial charge in [-0.3, -0.25) is 14.2 Å². The molecule has 0 unspecified atom stereocenters. The minimum atomic E-state index is -0.0769. The van der Waals surface area contributed by atoms with Gasteiger partial charge < -0.3 is 5.32 Å². The van der Waals surface area contributed by atoms with Crippen molar-refractivity contribution in [3.05, 3.63) is 27.1 Å². The van der Waals surface area contributed by atoms with Crippen LogP contribution in [0.1, 0.15) is 55.9 Å². The number of hydrogen-bond acceptors (Lipinski definition) is 4. The maximum absolute atomic E-state index is 12.9. The number of aromatic nitrogens is 2. The summed E-state index contributed by atoms with van der Waals surface area (Å²) >= 11 is 1.65. The van der Waals surface area contributed by atoms with E-state index in [4.69, 9.17) is 0 Å². The molecular weight excluding hydrogens is 334 g/mol. The molecular formula is C19H25N3O2S. The minimum Gasteiger partial charge on any atom is -0.352 e. The van der Waals surface area contributed by atoms with E-state index in [0.29, 0.717) is 0 Å². The van der Waals surface area contributed by atoms with Crippen LogP contribution >= 0.6 is 11.3 Å². The zero-order valence-electron chi connectivity index (χ0n) is 14.7. The second kappa shape index (κ2) is 6.90. The first kappa shape index (κ1) is 16.8. The molecule has 2 aliphatic carbocycles. The normalized spacial score (nSPS) is 23.4. The van der Waals surface area contributed by atoms with E-state index in [0.717, 1.165) is 48.2 Å². The number of thiophene rings is 1. The van der Waals surface area contributed by atoms with E-state index in [1.54, 1.807) is 11.3 Å². The molecule has 0 aliphatic heterocycles. The molecule has 1 N–H and O–H groups in total. The summed E-state index contributed by atoms with van der Waals surface area (Å²) in [5.41, 5.74) is 1.12. The first-order valence-electron chi connectivity index (χ1n) is 9.41. The molecule has 6 heteroatoms. The number of carbonyl (C=O) groups excluding carboxylic acids is 1. The van der Waals surface area contributed by atoms with E-state index in [1.165, 1.54) is 40.6 Å². The van der Waals surface area contributed by atoms with Gasteiger partial charge in [-0.25, -0.2) is 4.98 Å². The van der Waals surface area contributed by atoms with E-state index < -0.39 is 0 Å². The third-order valence-corrected chi connectivity index (χ3v) is 6.84. The van der Waals surface area contributed by atoms with Crippen molar-refractivity contribution in [2.45, 2.75) is 70.9 Å². The Hall–Kier alpha value is -1.69. The van der Waals surface area contributed by atoms with E-state index in [9.17, 15) is 9.59 Å². The number of carbonyl (C=O) groups is 1. The van der Waals surface area contributed by atoms with E-state index in [-0.39, 0.29) is 24.1 Å². The van der Waals surface area contributed by atoms with E-state index in [2.05, 4.69) is 17.2 Å². The van der Waals surface area contributed by atoms with Gasteiger partial charge in [-0.2, -0.15) is 0 Å². The number of nitrogens with one attached hydrogen (secondary N) is 1. The Labute approximate surface area is 151 Å². The number of amides is 1. The van der Waals surface area contributed by atoms with Crippen molar-refractivity contribution >= 4 is 27.5 Å². The maximum Gasteiger partial charge on any atom is 0.262 e. The standard InChI is InChI=1S/C19H25N3O2S/c1-12-6-8-13(9-7-12)21-16(23)10-22-11-20-18-17(19(22)24)14-4-2-3-5-15(14)25-18/h11-13H,2-10H2,1H3,(H,21,23). The zero-order chi connectivity index (χ0) is 17.4. The van der Waals surface area contributed by atoms with Crippen LogP contribution in [0.15, 0.2) is 11.1 Å². The van der Waals surface area contributed by atoms with Crippen molar-refractivity contribution in [1.29, 1.82) is 0 Å². The Morgan fingerprint density at radius 3 is 2.84 bits per heavy atom. The summed E-state index contributed by atoms with van der Waals surface area (Å²) in [4.78, 5) is 31.9. The van der Waals surface area contributed by atoms with Crippen molar-refractivity contribution in [2.75, 3.05) is 0 Å². The lowest BCUT2D eigenvalue weighted by Gasteiger charge is -2.26. The highest BCUT2D eigenvalue weighted by Gasteiger charge is 2.22. The summed E-state index contributed by atoms with van der Waals surface area (Å²) in [6, 6.07) is 0.255. The van der Waals surface area contributed by atoms with Crippen LogP contribution in [0.3, 0.4) is 0 Å². The third kappa shape index (κ3) is 3.36. The lowest BCUT2D eigenvalue weighted by molar-refractivity contribution is -0.122. The van der Waals surface area contributed by atoms with Gasteiger partial charge in [-0.15, -0.1) is 11.3 Å². The van der Waals surface area contributed by atoms with Gasteiger partial charge in [-0.1, -0.05) is 6.92 Å². The fraction of sp³-hybridized carbons (Fsp3) is 0.632. The minimum absolute atomic E-state index is 0.0585. The van der Waals surface area contributed by atoms with Crippen molar-refractivity contribution in [1.82, 2.24) is 14.9 Å². The summed E-state index contributed by atoms with van der Waals surface area (Å²) in [5, 5.41) is 3.85. The lowest BCUT2D eigenvalue weighted by Crippen LogP contribution is -2.40. The molecule has 0 spiro atoms.